The Bertz CT molecular complexity index is 269. The third kappa shape index (κ3) is 2.09. The van der Waals surface area contributed by atoms with Gasteiger partial charge in [-0.2, -0.15) is 0 Å². The van der Waals surface area contributed by atoms with Gasteiger partial charge in [-0.1, -0.05) is 12.8 Å². The number of likely N-dealkylation sites (tertiary alicyclic amines) is 1. The van der Waals surface area contributed by atoms with Gasteiger partial charge in [-0.25, -0.2) is 0 Å². The molecule has 2 aliphatic rings. The van der Waals surface area contributed by atoms with Gasteiger partial charge in [-0.05, 0) is 26.3 Å². The molecule has 1 aliphatic carbocycles. The standard InChI is InChI=1S/C12H23N3O/c1-14-8-7-11(14)12(16)15(2)10-6-4-3-5-9(10)13/h9-11H,3-8,13H2,1-2H3/t9-,10-,11+/m0/s1. The van der Waals surface area contributed by atoms with Gasteiger partial charge >= 0.3 is 0 Å². The Morgan fingerprint density at radius 1 is 1.31 bits per heavy atom. The highest BCUT2D eigenvalue weighted by molar-refractivity contribution is 5.82. The van der Waals surface area contributed by atoms with Crippen LogP contribution in [0.15, 0.2) is 0 Å². The van der Waals surface area contributed by atoms with Gasteiger partial charge in [0.15, 0.2) is 0 Å². The number of rotatable bonds is 2. The number of amides is 1. The Hall–Kier alpha value is -0.610. The second-order valence-corrected chi connectivity index (χ2v) is 5.25. The van der Waals surface area contributed by atoms with Gasteiger partial charge in [0.05, 0.1) is 6.04 Å². The van der Waals surface area contributed by atoms with E-state index in [1.807, 2.05) is 19.0 Å². The summed E-state index contributed by atoms with van der Waals surface area (Å²) in [6.45, 7) is 1.04. The Morgan fingerprint density at radius 3 is 2.50 bits per heavy atom. The summed E-state index contributed by atoms with van der Waals surface area (Å²) in [5, 5.41) is 0. The van der Waals surface area contributed by atoms with Gasteiger partial charge in [0.2, 0.25) is 5.91 Å². The Kier molecular flexibility index (Phi) is 3.50. The van der Waals surface area contributed by atoms with E-state index in [4.69, 9.17) is 5.73 Å². The van der Waals surface area contributed by atoms with Crippen LogP contribution in [-0.4, -0.2) is 54.5 Å². The van der Waals surface area contributed by atoms with Crippen molar-refractivity contribution >= 4 is 5.91 Å². The molecule has 1 aliphatic heterocycles. The Balaban J connectivity index is 1.94. The van der Waals surface area contributed by atoms with E-state index in [1.54, 1.807) is 0 Å². The zero-order chi connectivity index (χ0) is 11.7. The van der Waals surface area contributed by atoms with Crippen LogP contribution in [0.2, 0.25) is 0 Å². The first kappa shape index (κ1) is 11.9. The molecule has 3 atom stereocenters. The molecular weight excluding hydrogens is 202 g/mol. The minimum absolute atomic E-state index is 0.110. The van der Waals surface area contributed by atoms with E-state index >= 15 is 0 Å². The summed E-state index contributed by atoms with van der Waals surface area (Å²) in [6.07, 6.45) is 5.55. The highest BCUT2D eigenvalue weighted by Gasteiger charge is 2.37. The van der Waals surface area contributed by atoms with Crippen molar-refractivity contribution in [1.82, 2.24) is 9.80 Å². The Morgan fingerprint density at radius 2 is 2.00 bits per heavy atom. The molecule has 1 amide bonds. The molecule has 0 spiro atoms. The van der Waals surface area contributed by atoms with Crippen LogP contribution in [0.3, 0.4) is 0 Å². The maximum absolute atomic E-state index is 12.2. The predicted molar refractivity (Wildman–Crippen MR) is 64.0 cm³/mol. The van der Waals surface area contributed by atoms with Crippen LogP contribution in [0.25, 0.3) is 0 Å². The van der Waals surface area contributed by atoms with E-state index in [1.165, 1.54) is 12.8 Å². The molecule has 0 aromatic rings. The largest absolute Gasteiger partial charge is 0.340 e. The van der Waals surface area contributed by atoms with Crippen LogP contribution >= 0.6 is 0 Å². The molecule has 2 rings (SSSR count). The lowest BCUT2D eigenvalue weighted by Gasteiger charge is -2.43. The third-order valence-electron chi connectivity index (χ3n) is 4.20. The monoisotopic (exact) mass is 225 g/mol. The average molecular weight is 225 g/mol. The summed E-state index contributed by atoms with van der Waals surface area (Å²) in [5.74, 6) is 0.260. The van der Waals surface area contributed by atoms with Gasteiger partial charge in [0.1, 0.15) is 0 Å². The number of nitrogens with two attached hydrogens (primary N) is 1. The number of hydrogen-bond donors (Lipinski definition) is 1. The fourth-order valence-corrected chi connectivity index (χ4v) is 2.85. The van der Waals surface area contributed by atoms with Crippen molar-refractivity contribution in [3.63, 3.8) is 0 Å². The van der Waals surface area contributed by atoms with Gasteiger partial charge in [-0.15, -0.1) is 0 Å². The molecule has 0 radical (unpaired) electrons. The summed E-state index contributed by atoms with van der Waals surface area (Å²) >= 11 is 0. The van der Waals surface area contributed by atoms with Crippen molar-refractivity contribution in [2.75, 3.05) is 20.6 Å². The molecule has 0 aromatic heterocycles. The van der Waals surface area contributed by atoms with Crippen LogP contribution < -0.4 is 5.73 Å². The molecule has 4 nitrogen and oxygen atoms in total. The predicted octanol–water partition coefficient (Wildman–Crippen LogP) is 0.419. The molecule has 2 N–H and O–H groups in total. The zero-order valence-electron chi connectivity index (χ0n) is 10.4. The van der Waals surface area contributed by atoms with E-state index in [9.17, 15) is 4.79 Å². The van der Waals surface area contributed by atoms with Gasteiger partial charge in [0.25, 0.3) is 0 Å². The SMILES string of the molecule is CN1CC[C@@H]1C(=O)N(C)[C@H]1CCCC[C@@H]1N. The molecule has 1 saturated carbocycles. The second-order valence-electron chi connectivity index (χ2n) is 5.25. The summed E-state index contributed by atoms with van der Waals surface area (Å²) in [5.41, 5.74) is 6.10. The third-order valence-corrected chi connectivity index (χ3v) is 4.20. The van der Waals surface area contributed by atoms with E-state index in [-0.39, 0.29) is 24.0 Å². The van der Waals surface area contributed by atoms with Crippen molar-refractivity contribution in [3.05, 3.63) is 0 Å². The van der Waals surface area contributed by atoms with Crippen LogP contribution in [0.5, 0.6) is 0 Å². The summed E-state index contributed by atoms with van der Waals surface area (Å²) in [6, 6.07) is 0.544. The topological polar surface area (TPSA) is 49.6 Å². The van der Waals surface area contributed by atoms with Crippen LogP contribution in [0.4, 0.5) is 0 Å². The van der Waals surface area contributed by atoms with Crippen LogP contribution in [0, 0.1) is 0 Å². The lowest BCUT2D eigenvalue weighted by atomic mass is 9.89. The molecular formula is C12H23N3O. The number of nitrogens with zero attached hydrogens (tertiary/aromatic N) is 2. The highest BCUT2D eigenvalue weighted by Crippen LogP contribution is 2.24. The number of carbonyl (C=O) groups is 1. The molecule has 0 aromatic carbocycles. The maximum atomic E-state index is 12.2. The van der Waals surface area contributed by atoms with E-state index < -0.39 is 0 Å². The fourth-order valence-electron chi connectivity index (χ4n) is 2.85. The lowest BCUT2D eigenvalue weighted by molar-refractivity contribution is -0.142. The van der Waals surface area contributed by atoms with Crippen LogP contribution in [-0.2, 0) is 4.79 Å². The number of likely N-dealkylation sites (N-methyl/N-ethyl adjacent to an activating group) is 2. The molecule has 92 valence electrons. The average Bonchev–Trinajstić information content (AvgIpc) is 2.26. The van der Waals surface area contributed by atoms with Crippen molar-refractivity contribution in [1.29, 1.82) is 0 Å². The van der Waals surface area contributed by atoms with E-state index in [0.717, 1.165) is 25.8 Å². The molecule has 0 unspecified atom stereocenters. The minimum Gasteiger partial charge on any atom is -0.340 e. The molecule has 2 fully saturated rings. The van der Waals surface area contributed by atoms with Crippen molar-refractivity contribution in [2.24, 2.45) is 5.73 Å². The van der Waals surface area contributed by atoms with Gasteiger partial charge in [0, 0.05) is 25.7 Å². The second kappa shape index (κ2) is 4.72. The summed E-state index contributed by atoms with van der Waals surface area (Å²) in [4.78, 5) is 16.2. The molecule has 0 bridgehead atoms. The van der Waals surface area contributed by atoms with Crippen molar-refractivity contribution in [2.45, 2.75) is 50.2 Å². The first-order valence-electron chi connectivity index (χ1n) is 6.33. The summed E-state index contributed by atoms with van der Waals surface area (Å²) < 4.78 is 0. The highest BCUT2D eigenvalue weighted by atomic mass is 16.2. The summed E-state index contributed by atoms with van der Waals surface area (Å²) in [7, 11) is 3.94. The van der Waals surface area contributed by atoms with Crippen molar-refractivity contribution in [3.8, 4) is 0 Å². The molecule has 16 heavy (non-hydrogen) atoms. The van der Waals surface area contributed by atoms with Crippen molar-refractivity contribution < 1.29 is 4.79 Å². The normalized spacial score (nSPS) is 35.6. The first-order valence-corrected chi connectivity index (χ1v) is 6.33. The minimum atomic E-state index is 0.110. The van der Waals surface area contributed by atoms with Gasteiger partial charge in [-0.3, -0.25) is 9.69 Å². The molecule has 1 heterocycles. The fraction of sp³-hybridized carbons (Fsp3) is 0.917. The zero-order valence-corrected chi connectivity index (χ0v) is 10.4. The Labute approximate surface area is 97.8 Å². The van der Waals surface area contributed by atoms with E-state index in [2.05, 4.69) is 4.90 Å². The number of hydrogen-bond acceptors (Lipinski definition) is 3. The first-order chi connectivity index (χ1) is 7.61. The molecule has 4 heteroatoms. The van der Waals surface area contributed by atoms with E-state index in [0.29, 0.717) is 0 Å². The van der Waals surface area contributed by atoms with Crippen LogP contribution in [0.1, 0.15) is 32.1 Å². The quantitative estimate of drug-likeness (QED) is 0.741. The smallest absolute Gasteiger partial charge is 0.240 e. The molecule has 1 saturated heterocycles. The maximum Gasteiger partial charge on any atom is 0.240 e. The number of carbonyl (C=O) groups excluding carboxylic acids is 1. The lowest BCUT2D eigenvalue weighted by Crippen LogP contribution is -2.59. The van der Waals surface area contributed by atoms with Gasteiger partial charge < -0.3 is 10.6 Å².